The Balaban J connectivity index is 1.28. The number of pyridine rings is 1. The fraction of sp³-hybridized carbons (Fsp3) is 0.0625. The predicted molar refractivity (Wildman–Crippen MR) is 164 cm³/mol. The second-order valence-corrected chi connectivity index (χ2v) is 9.73. The van der Waals surface area contributed by atoms with Gasteiger partial charge in [0.05, 0.1) is 16.6 Å². The minimum Gasteiger partial charge on any atom is -0.489 e. The maximum Gasteiger partial charge on any atom is 0.264 e. The number of hydrogen-bond acceptors (Lipinski definition) is 6. The molecular weight excluding hydrogens is 559 g/mol. The first-order valence-corrected chi connectivity index (χ1v) is 13.4. The summed E-state index contributed by atoms with van der Waals surface area (Å²) in [6.07, 6.45) is 10.5. The van der Waals surface area contributed by atoms with Gasteiger partial charge >= 0.3 is 0 Å². The van der Waals surface area contributed by atoms with E-state index >= 15 is 0 Å². The normalized spacial score (nSPS) is 11.9. The van der Waals surface area contributed by atoms with Crippen molar-refractivity contribution in [2.45, 2.75) is 13.3 Å². The van der Waals surface area contributed by atoms with Gasteiger partial charge in [0, 0.05) is 16.2 Å². The second-order valence-electron chi connectivity index (χ2n) is 8.86. The third-order valence-electron chi connectivity index (χ3n) is 5.91. The third-order valence-corrected chi connectivity index (χ3v) is 6.40. The molecule has 2 aromatic heterocycles. The van der Waals surface area contributed by atoms with Crippen LogP contribution in [0.15, 0.2) is 120 Å². The van der Waals surface area contributed by atoms with Gasteiger partial charge in [-0.15, -0.1) is 0 Å². The number of fused-ring (bicyclic) bond motifs is 1. The topological polar surface area (TPSA) is 78.6 Å². The Kier molecular flexibility index (Phi) is 9.21. The van der Waals surface area contributed by atoms with Crippen molar-refractivity contribution in [1.82, 2.24) is 14.5 Å². The summed E-state index contributed by atoms with van der Waals surface area (Å²) in [5, 5.41) is 5.80. The molecule has 0 spiro atoms. The van der Waals surface area contributed by atoms with Gasteiger partial charge < -0.3 is 9.57 Å². The lowest BCUT2D eigenvalue weighted by molar-refractivity contribution is 0.0816. The molecule has 0 N–H and O–H groups in total. The average Bonchev–Trinajstić information content (AvgIpc) is 3.00. The second kappa shape index (κ2) is 13.6. The minimum absolute atomic E-state index is 0.122. The zero-order valence-electron chi connectivity index (χ0n) is 21.7. The molecule has 0 saturated heterocycles. The number of nitrogens with zero attached hydrogens (tertiary/aromatic N) is 4. The van der Waals surface area contributed by atoms with Crippen LogP contribution in [0.3, 0.4) is 0 Å². The van der Waals surface area contributed by atoms with E-state index in [1.165, 1.54) is 10.9 Å². The van der Waals surface area contributed by atoms with E-state index in [2.05, 4.69) is 15.1 Å². The Morgan fingerprint density at radius 1 is 0.878 bits per heavy atom. The number of benzene rings is 3. The molecule has 0 aliphatic heterocycles. The number of allylic oxidation sites excluding steroid dienone is 2. The van der Waals surface area contributed by atoms with Crippen LogP contribution in [0.4, 0.5) is 0 Å². The van der Waals surface area contributed by atoms with Crippen LogP contribution in [-0.2, 0) is 18.2 Å². The van der Waals surface area contributed by atoms with Crippen molar-refractivity contribution in [2.24, 2.45) is 5.16 Å². The largest absolute Gasteiger partial charge is 0.489 e. The molecule has 0 aliphatic rings. The van der Waals surface area contributed by atoms with Crippen LogP contribution >= 0.6 is 23.2 Å². The van der Waals surface area contributed by atoms with Crippen molar-refractivity contribution in [3.63, 3.8) is 0 Å². The van der Waals surface area contributed by atoms with E-state index in [1.54, 1.807) is 30.5 Å². The average molecular weight is 583 g/mol. The van der Waals surface area contributed by atoms with E-state index in [0.29, 0.717) is 33.3 Å². The smallest absolute Gasteiger partial charge is 0.264 e. The highest BCUT2D eigenvalue weighted by Crippen LogP contribution is 2.17. The first-order chi connectivity index (χ1) is 20.0. The van der Waals surface area contributed by atoms with Crippen molar-refractivity contribution in [2.75, 3.05) is 0 Å². The molecule has 3 aromatic carbocycles. The molecule has 0 radical (unpaired) electrons. The maximum absolute atomic E-state index is 12.8. The zero-order chi connectivity index (χ0) is 28.4. The Hall–Kier alpha value is -4.72. The van der Waals surface area contributed by atoms with Crippen LogP contribution in [0.5, 0.6) is 5.75 Å². The lowest BCUT2D eigenvalue weighted by Crippen LogP contribution is -2.21. The van der Waals surface area contributed by atoms with Gasteiger partial charge in [0.15, 0.2) is 6.73 Å². The molecule has 0 amide bonds. The van der Waals surface area contributed by atoms with E-state index in [-0.39, 0.29) is 12.3 Å². The third kappa shape index (κ3) is 7.91. The lowest BCUT2D eigenvalue weighted by atomic mass is 10.1. The highest BCUT2D eigenvalue weighted by atomic mass is 35.5. The number of aromatic nitrogens is 3. The summed E-state index contributed by atoms with van der Waals surface area (Å²) in [4.78, 5) is 27.0. The molecule has 7 nitrogen and oxygen atoms in total. The van der Waals surface area contributed by atoms with Gasteiger partial charge in [0.2, 0.25) is 0 Å². The number of oxime groups is 1. The highest BCUT2D eigenvalue weighted by Gasteiger charge is 2.05. The van der Waals surface area contributed by atoms with Crippen LogP contribution in [0, 0.1) is 0 Å². The summed E-state index contributed by atoms with van der Waals surface area (Å²) in [6.45, 7) is 0.324. The maximum atomic E-state index is 12.8. The van der Waals surface area contributed by atoms with Crippen LogP contribution in [-0.4, -0.2) is 20.2 Å². The molecule has 9 heteroatoms. The van der Waals surface area contributed by atoms with Gasteiger partial charge in [-0.3, -0.25) is 14.3 Å². The van der Waals surface area contributed by atoms with Gasteiger partial charge in [0.25, 0.3) is 5.56 Å². The summed E-state index contributed by atoms with van der Waals surface area (Å²) in [5.41, 5.74) is 3.54. The Morgan fingerprint density at radius 3 is 2.44 bits per heavy atom. The molecule has 204 valence electrons. The van der Waals surface area contributed by atoms with Crippen molar-refractivity contribution < 1.29 is 9.57 Å². The SMILES string of the molecule is O=c1c2cc(Cl)ccc2ncn1CO/N=C(/C=C/c1ccc(OCc2ccc(Cl)cc2)cc1)\C=C\c1ccccn1. The predicted octanol–water partition coefficient (Wildman–Crippen LogP) is 7.43. The molecule has 0 aliphatic carbocycles. The van der Waals surface area contributed by atoms with Crippen LogP contribution in [0.25, 0.3) is 23.1 Å². The van der Waals surface area contributed by atoms with Crippen LogP contribution < -0.4 is 10.3 Å². The standard InChI is InChI=1S/C32H24Cl2N4O3/c33-25-9-4-24(5-10-25)20-40-29-15-7-23(8-16-29)6-12-28(14-13-27-3-1-2-18-35-27)37-41-22-38-21-36-31-17-11-26(34)19-30(31)32(38)39/h1-19,21H,20,22H2/b12-6+,14-13+,37-28-. The lowest BCUT2D eigenvalue weighted by Gasteiger charge is -2.07. The summed E-state index contributed by atoms with van der Waals surface area (Å²) in [6, 6.07) is 25.8. The van der Waals surface area contributed by atoms with Gasteiger partial charge in [-0.1, -0.05) is 64.8 Å². The molecule has 0 saturated carbocycles. The molecular formula is C32H24Cl2N4O3. The Morgan fingerprint density at radius 2 is 1.66 bits per heavy atom. The summed E-state index contributed by atoms with van der Waals surface area (Å²) >= 11 is 12.0. The molecule has 5 aromatic rings. The quantitative estimate of drug-likeness (QED) is 0.126. The molecule has 5 rings (SSSR count). The van der Waals surface area contributed by atoms with Crippen molar-refractivity contribution in [3.05, 3.63) is 147 Å². The van der Waals surface area contributed by atoms with E-state index in [1.807, 2.05) is 85.0 Å². The van der Waals surface area contributed by atoms with Gasteiger partial charge in [-0.25, -0.2) is 4.98 Å². The van der Waals surface area contributed by atoms with Crippen LogP contribution in [0.1, 0.15) is 16.8 Å². The summed E-state index contributed by atoms with van der Waals surface area (Å²) in [5.74, 6) is 0.750. The highest BCUT2D eigenvalue weighted by molar-refractivity contribution is 6.31. The zero-order valence-corrected chi connectivity index (χ0v) is 23.2. The molecule has 41 heavy (non-hydrogen) atoms. The van der Waals surface area contributed by atoms with Crippen LogP contribution in [0.2, 0.25) is 10.0 Å². The van der Waals surface area contributed by atoms with Crippen molar-refractivity contribution >= 4 is 52.0 Å². The van der Waals surface area contributed by atoms with Crippen molar-refractivity contribution in [3.8, 4) is 5.75 Å². The number of rotatable bonds is 10. The van der Waals surface area contributed by atoms with Gasteiger partial charge in [-0.05, 0) is 84.0 Å². The van der Waals surface area contributed by atoms with E-state index < -0.39 is 0 Å². The minimum atomic E-state index is -0.271. The fourth-order valence-corrected chi connectivity index (χ4v) is 4.05. The molecule has 0 unspecified atom stereocenters. The van der Waals surface area contributed by atoms with E-state index in [9.17, 15) is 4.79 Å². The molecule has 0 fully saturated rings. The number of ether oxygens (including phenoxy) is 1. The Bertz CT molecular complexity index is 1770. The van der Waals surface area contributed by atoms with E-state index in [4.69, 9.17) is 32.8 Å². The fourth-order valence-electron chi connectivity index (χ4n) is 3.75. The number of halogens is 2. The molecule has 0 atom stereocenters. The molecule has 0 bridgehead atoms. The van der Waals surface area contributed by atoms with E-state index in [0.717, 1.165) is 22.6 Å². The molecule has 2 heterocycles. The first kappa shape index (κ1) is 27.8. The number of hydrogen-bond donors (Lipinski definition) is 0. The monoisotopic (exact) mass is 582 g/mol. The van der Waals surface area contributed by atoms with Crippen molar-refractivity contribution in [1.29, 1.82) is 0 Å². The Labute approximate surface area is 246 Å². The van der Waals surface area contributed by atoms with Gasteiger partial charge in [-0.2, -0.15) is 0 Å². The summed E-state index contributed by atoms with van der Waals surface area (Å²) < 4.78 is 7.20. The van der Waals surface area contributed by atoms with Gasteiger partial charge in [0.1, 0.15) is 24.4 Å². The first-order valence-electron chi connectivity index (χ1n) is 12.6. The summed E-state index contributed by atoms with van der Waals surface area (Å²) in [7, 11) is 0.